The van der Waals surface area contributed by atoms with Gasteiger partial charge < -0.3 is 19.8 Å². The molecule has 0 aliphatic rings. The molecule has 1 atom stereocenters. The first-order chi connectivity index (χ1) is 9.61. The minimum atomic E-state index is -0.264. The van der Waals surface area contributed by atoms with Gasteiger partial charge in [0, 0.05) is 18.7 Å². The molecule has 0 radical (unpaired) electrons. The molecule has 0 bridgehead atoms. The molecule has 110 valence electrons. The standard InChI is InChI=1S/C16H23NO3/c1-14(19)8-9-17(2)10-12-20-16-7-3-5-15(13-16)6-4-11-18/h3,5,7,13-14,18-19H,8-12H2,1-2H3. The Hall–Kier alpha value is -1.54. The number of likely N-dealkylation sites (N-methyl/N-ethyl adjacent to an activating group) is 1. The van der Waals surface area contributed by atoms with Crippen molar-refractivity contribution in [3.63, 3.8) is 0 Å². The molecule has 1 rings (SSSR count). The van der Waals surface area contributed by atoms with Crippen molar-refractivity contribution < 1.29 is 14.9 Å². The van der Waals surface area contributed by atoms with Crippen LogP contribution in [0.25, 0.3) is 0 Å². The lowest BCUT2D eigenvalue weighted by molar-refractivity contribution is 0.157. The van der Waals surface area contributed by atoms with Gasteiger partial charge in [0.2, 0.25) is 0 Å². The molecule has 4 heteroatoms. The van der Waals surface area contributed by atoms with Crippen LogP contribution in [0.15, 0.2) is 24.3 Å². The van der Waals surface area contributed by atoms with Crippen LogP contribution in [0.5, 0.6) is 5.75 Å². The van der Waals surface area contributed by atoms with E-state index >= 15 is 0 Å². The molecule has 0 saturated heterocycles. The number of ether oxygens (including phenoxy) is 1. The largest absolute Gasteiger partial charge is 0.492 e. The van der Waals surface area contributed by atoms with Gasteiger partial charge in [-0.25, -0.2) is 0 Å². The van der Waals surface area contributed by atoms with Gasteiger partial charge >= 0.3 is 0 Å². The van der Waals surface area contributed by atoms with E-state index in [-0.39, 0.29) is 12.7 Å². The van der Waals surface area contributed by atoms with E-state index in [0.717, 1.165) is 30.8 Å². The van der Waals surface area contributed by atoms with E-state index in [2.05, 4.69) is 16.7 Å². The summed E-state index contributed by atoms with van der Waals surface area (Å²) in [5.74, 6) is 6.24. The lowest BCUT2D eigenvalue weighted by atomic mass is 10.2. The second-order valence-corrected chi connectivity index (χ2v) is 4.78. The highest BCUT2D eigenvalue weighted by atomic mass is 16.5. The monoisotopic (exact) mass is 277 g/mol. The van der Waals surface area contributed by atoms with Crippen LogP contribution < -0.4 is 4.74 Å². The molecule has 1 aromatic rings. The summed E-state index contributed by atoms with van der Waals surface area (Å²) in [7, 11) is 2.01. The van der Waals surface area contributed by atoms with Gasteiger partial charge in [0.1, 0.15) is 19.0 Å². The summed E-state index contributed by atoms with van der Waals surface area (Å²) in [5, 5.41) is 17.9. The zero-order valence-electron chi connectivity index (χ0n) is 12.2. The molecule has 0 aliphatic heterocycles. The lowest BCUT2D eigenvalue weighted by Gasteiger charge is -2.17. The Kier molecular flexibility index (Phi) is 7.74. The van der Waals surface area contributed by atoms with Crippen molar-refractivity contribution in [1.29, 1.82) is 0 Å². The first kappa shape index (κ1) is 16.5. The summed E-state index contributed by atoms with van der Waals surface area (Å²) < 4.78 is 5.67. The molecule has 4 nitrogen and oxygen atoms in total. The maximum absolute atomic E-state index is 9.22. The molecule has 0 spiro atoms. The molecule has 0 fully saturated rings. The van der Waals surface area contributed by atoms with Crippen LogP contribution in [0.4, 0.5) is 0 Å². The molecule has 1 aromatic carbocycles. The Labute approximate surface area is 121 Å². The third kappa shape index (κ3) is 7.15. The number of benzene rings is 1. The van der Waals surface area contributed by atoms with Gasteiger partial charge in [-0.15, -0.1) is 0 Å². The maximum Gasteiger partial charge on any atom is 0.120 e. The predicted molar refractivity (Wildman–Crippen MR) is 79.7 cm³/mol. The molecular formula is C16H23NO3. The number of rotatable bonds is 7. The Morgan fingerprint density at radius 3 is 2.85 bits per heavy atom. The van der Waals surface area contributed by atoms with Gasteiger partial charge in [-0.1, -0.05) is 17.9 Å². The van der Waals surface area contributed by atoms with Gasteiger partial charge in [0.15, 0.2) is 0 Å². The molecular weight excluding hydrogens is 254 g/mol. The quantitative estimate of drug-likeness (QED) is 0.733. The average molecular weight is 277 g/mol. The predicted octanol–water partition coefficient (Wildman–Crippen LogP) is 1.11. The van der Waals surface area contributed by atoms with E-state index in [1.54, 1.807) is 6.92 Å². The fraction of sp³-hybridized carbons (Fsp3) is 0.500. The van der Waals surface area contributed by atoms with E-state index in [9.17, 15) is 5.11 Å². The van der Waals surface area contributed by atoms with Crippen LogP contribution in [-0.4, -0.2) is 54.6 Å². The molecule has 0 aromatic heterocycles. The molecule has 2 N–H and O–H groups in total. The normalized spacial score (nSPS) is 11.8. The number of aliphatic hydroxyl groups is 2. The van der Waals surface area contributed by atoms with Gasteiger partial charge in [0.05, 0.1) is 6.10 Å². The number of hydrogen-bond donors (Lipinski definition) is 2. The summed E-state index contributed by atoms with van der Waals surface area (Å²) in [4.78, 5) is 2.13. The summed E-state index contributed by atoms with van der Waals surface area (Å²) in [6.45, 7) is 3.90. The highest BCUT2D eigenvalue weighted by molar-refractivity contribution is 5.39. The average Bonchev–Trinajstić information content (AvgIpc) is 2.43. The maximum atomic E-state index is 9.22. The first-order valence-electron chi connectivity index (χ1n) is 6.81. The van der Waals surface area contributed by atoms with Gasteiger partial charge in [0.25, 0.3) is 0 Å². The van der Waals surface area contributed by atoms with Crippen molar-refractivity contribution in [1.82, 2.24) is 4.90 Å². The summed E-state index contributed by atoms with van der Waals surface area (Å²) in [6, 6.07) is 7.51. The first-order valence-corrected chi connectivity index (χ1v) is 6.81. The minimum absolute atomic E-state index is 0.140. The van der Waals surface area contributed by atoms with Crippen molar-refractivity contribution in [3.8, 4) is 17.6 Å². The second-order valence-electron chi connectivity index (χ2n) is 4.78. The van der Waals surface area contributed by atoms with Crippen LogP contribution in [0.2, 0.25) is 0 Å². The molecule has 0 saturated carbocycles. The second kappa shape index (κ2) is 9.38. The van der Waals surface area contributed by atoms with Crippen molar-refractivity contribution in [2.45, 2.75) is 19.4 Å². The van der Waals surface area contributed by atoms with Crippen molar-refractivity contribution in [2.75, 3.05) is 33.4 Å². The third-order valence-corrected chi connectivity index (χ3v) is 2.82. The molecule has 20 heavy (non-hydrogen) atoms. The number of hydrogen-bond acceptors (Lipinski definition) is 4. The Balaban J connectivity index is 2.34. The Morgan fingerprint density at radius 1 is 1.35 bits per heavy atom. The van der Waals surface area contributed by atoms with Gasteiger partial charge in [-0.05, 0) is 38.6 Å². The van der Waals surface area contributed by atoms with Gasteiger partial charge in [-0.2, -0.15) is 0 Å². The highest BCUT2D eigenvalue weighted by Gasteiger charge is 2.02. The fourth-order valence-corrected chi connectivity index (χ4v) is 1.64. The molecule has 1 unspecified atom stereocenters. The topological polar surface area (TPSA) is 52.9 Å². The number of nitrogens with zero attached hydrogens (tertiary/aromatic N) is 1. The van der Waals surface area contributed by atoms with Crippen LogP contribution >= 0.6 is 0 Å². The van der Waals surface area contributed by atoms with E-state index in [1.807, 2.05) is 31.3 Å². The smallest absolute Gasteiger partial charge is 0.120 e. The fourth-order valence-electron chi connectivity index (χ4n) is 1.64. The van der Waals surface area contributed by atoms with E-state index in [0.29, 0.717) is 6.61 Å². The number of aliphatic hydroxyl groups excluding tert-OH is 2. The molecule has 0 amide bonds. The van der Waals surface area contributed by atoms with Crippen LogP contribution in [-0.2, 0) is 0 Å². The zero-order valence-corrected chi connectivity index (χ0v) is 12.2. The Bertz CT molecular complexity index is 449. The van der Waals surface area contributed by atoms with E-state index in [4.69, 9.17) is 9.84 Å². The van der Waals surface area contributed by atoms with Crippen molar-refractivity contribution in [3.05, 3.63) is 29.8 Å². The van der Waals surface area contributed by atoms with Crippen LogP contribution in [0.1, 0.15) is 18.9 Å². The van der Waals surface area contributed by atoms with Gasteiger partial charge in [-0.3, -0.25) is 0 Å². The molecule has 0 aliphatic carbocycles. The van der Waals surface area contributed by atoms with Crippen LogP contribution in [0.3, 0.4) is 0 Å². The minimum Gasteiger partial charge on any atom is -0.492 e. The zero-order chi connectivity index (χ0) is 14.8. The lowest BCUT2D eigenvalue weighted by Crippen LogP contribution is -2.27. The third-order valence-electron chi connectivity index (χ3n) is 2.82. The Morgan fingerprint density at radius 2 is 2.15 bits per heavy atom. The van der Waals surface area contributed by atoms with Crippen molar-refractivity contribution in [2.24, 2.45) is 0 Å². The summed E-state index contributed by atoms with van der Waals surface area (Å²) in [5.41, 5.74) is 0.832. The summed E-state index contributed by atoms with van der Waals surface area (Å²) in [6.07, 6.45) is 0.503. The van der Waals surface area contributed by atoms with Crippen molar-refractivity contribution >= 4 is 0 Å². The highest BCUT2D eigenvalue weighted by Crippen LogP contribution is 2.12. The van der Waals surface area contributed by atoms with Crippen LogP contribution in [0, 0.1) is 11.8 Å². The van der Waals surface area contributed by atoms with E-state index in [1.165, 1.54) is 0 Å². The van der Waals surface area contributed by atoms with E-state index < -0.39 is 0 Å². The SMILES string of the molecule is CC(O)CCN(C)CCOc1cccc(C#CCO)c1. The summed E-state index contributed by atoms with van der Waals surface area (Å²) >= 11 is 0. The molecule has 0 heterocycles.